The van der Waals surface area contributed by atoms with Crippen LogP contribution in [-0.2, 0) is 25.5 Å². The molecule has 2 bridgehead atoms. The van der Waals surface area contributed by atoms with Crippen LogP contribution >= 0.6 is 0 Å². The summed E-state index contributed by atoms with van der Waals surface area (Å²) in [5.41, 5.74) is 1.54. The van der Waals surface area contributed by atoms with Crippen LogP contribution in [0.4, 0.5) is 0 Å². The van der Waals surface area contributed by atoms with Crippen LogP contribution in [0, 0.1) is 22.7 Å². The monoisotopic (exact) mass is 616 g/mol. The van der Waals surface area contributed by atoms with Gasteiger partial charge >= 0.3 is 5.97 Å². The van der Waals surface area contributed by atoms with Crippen LogP contribution in [-0.4, -0.2) is 57.6 Å². The molecule has 4 aliphatic rings. The Hall–Kier alpha value is -3.55. The Morgan fingerprint density at radius 3 is 2.33 bits per heavy atom. The molecular formula is C37H48N2O6. The zero-order valence-electron chi connectivity index (χ0n) is 26.8. The first-order valence-corrected chi connectivity index (χ1v) is 16.9. The molecular weight excluding hydrogens is 568 g/mol. The number of ether oxygens (including phenoxy) is 1. The zero-order chi connectivity index (χ0) is 31.9. The van der Waals surface area contributed by atoms with Crippen LogP contribution in [0.1, 0.15) is 95.6 Å². The maximum absolute atomic E-state index is 14.6. The number of amides is 2. The van der Waals surface area contributed by atoms with Crippen LogP contribution in [0.5, 0.6) is 11.5 Å². The third-order valence-electron chi connectivity index (χ3n) is 12.2. The molecule has 0 aromatic heterocycles. The number of nitrogens with one attached hydrogen (secondary N) is 1. The van der Waals surface area contributed by atoms with E-state index in [9.17, 15) is 24.6 Å². The van der Waals surface area contributed by atoms with Crippen LogP contribution in [0.15, 0.2) is 48.5 Å². The summed E-state index contributed by atoms with van der Waals surface area (Å²) < 4.78 is 6.44. The Balaban J connectivity index is 1.26. The van der Waals surface area contributed by atoms with Crippen LogP contribution in [0.3, 0.4) is 0 Å². The number of rotatable bonds is 8. The summed E-state index contributed by atoms with van der Waals surface area (Å²) in [6.45, 7) is 7.27. The highest BCUT2D eigenvalue weighted by Gasteiger charge is 2.63. The van der Waals surface area contributed by atoms with Gasteiger partial charge in [-0.05, 0) is 79.0 Å². The molecule has 242 valence electrons. The van der Waals surface area contributed by atoms with Gasteiger partial charge in [0, 0.05) is 17.9 Å². The molecule has 1 aliphatic heterocycles. The number of hydrogen-bond acceptors (Lipinski definition) is 6. The normalized spacial score (nSPS) is 29.8. The first-order valence-electron chi connectivity index (χ1n) is 16.9. The van der Waals surface area contributed by atoms with Crippen molar-refractivity contribution < 1.29 is 29.3 Å². The second-order valence-electron chi connectivity index (χ2n) is 14.8. The Labute approximate surface area is 266 Å². The second kappa shape index (κ2) is 12.3. The fraction of sp³-hybridized carbons (Fsp3) is 0.595. The highest BCUT2D eigenvalue weighted by atomic mass is 16.5. The molecule has 1 heterocycles. The minimum absolute atomic E-state index is 0.0267. The maximum atomic E-state index is 14.6. The topological polar surface area (TPSA) is 116 Å². The molecule has 2 aromatic rings. The van der Waals surface area contributed by atoms with E-state index in [-0.39, 0.29) is 64.5 Å². The van der Waals surface area contributed by atoms with Gasteiger partial charge in [-0.15, -0.1) is 0 Å². The fourth-order valence-corrected chi connectivity index (χ4v) is 9.01. The Kier molecular flexibility index (Phi) is 8.61. The molecule has 3 saturated carbocycles. The minimum Gasteiger partial charge on any atom is -0.504 e. The number of carbonyl (C=O) groups is 3. The van der Waals surface area contributed by atoms with E-state index < -0.39 is 12.1 Å². The molecule has 3 aliphatic carbocycles. The summed E-state index contributed by atoms with van der Waals surface area (Å²) in [7, 11) is 0. The van der Waals surface area contributed by atoms with Gasteiger partial charge in [0.05, 0.1) is 6.42 Å². The number of phenols is 2. The number of nitrogens with zero attached hydrogens (tertiary/aromatic N) is 1. The van der Waals surface area contributed by atoms with Crippen molar-refractivity contribution in [2.45, 2.75) is 109 Å². The lowest BCUT2D eigenvalue weighted by molar-refractivity contribution is -0.166. The lowest BCUT2D eigenvalue weighted by Gasteiger charge is -2.40. The molecule has 8 nitrogen and oxygen atoms in total. The number of hydrogen-bond donors (Lipinski definition) is 3. The SMILES string of the molecule is CC1(C)C2CCC1(C)C(OC(=O)C1C(c3ccccc3)CCN1C(=O)C(NC(=O)Cc1ccc(O)c(O)c1)C1CCCCC1)C2. The highest BCUT2D eigenvalue weighted by Crippen LogP contribution is 2.66. The van der Waals surface area contributed by atoms with E-state index in [4.69, 9.17) is 4.74 Å². The summed E-state index contributed by atoms with van der Waals surface area (Å²) in [4.78, 5) is 44.0. The van der Waals surface area contributed by atoms with Crippen molar-refractivity contribution in [3.63, 3.8) is 0 Å². The molecule has 8 heteroatoms. The number of likely N-dealkylation sites (tertiary alicyclic amines) is 1. The van der Waals surface area contributed by atoms with Crippen molar-refractivity contribution in [1.29, 1.82) is 0 Å². The van der Waals surface area contributed by atoms with E-state index in [2.05, 4.69) is 26.1 Å². The predicted octanol–water partition coefficient (Wildman–Crippen LogP) is 5.85. The largest absolute Gasteiger partial charge is 0.504 e. The lowest BCUT2D eigenvalue weighted by Crippen LogP contribution is -2.56. The average Bonchev–Trinajstić information content (AvgIpc) is 3.63. The molecule has 6 atom stereocenters. The molecule has 0 spiro atoms. The molecule has 2 aromatic carbocycles. The van der Waals surface area contributed by atoms with E-state index in [0.29, 0.717) is 24.4 Å². The lowest BCUT2D eigenvalue weighted by atomic mass is 9.70. The molecule has 45 heavy (non-hydrogen) atoms. The van der Waals surface area contributed by atoms with Crippen molar-refractivity contribution in [3.8, 4) is 11.5 Å². The van der Waals surface area contributed by atoms with Gasteiger partial charge in [-0.25, -0.2) is 4.79 Å². The Morgan fingerprint density at radius 1 is 0.956 bits per heavy atom. The number of benzene rings is 2. The first-order chi connectivity index (χ1) is 21.5. The summed E-state index contributed by atoms with van der Waals surface area (Å²) in [6, 6.07) is 12.7. The first kappa shape index (κ1) is 31.4. The maximum Gasteiger partial charge on any atom is 0.329 e. The number of aromatic hydroxyl groups is 2. The molecule has 0 radical (unpaired) electrons. The van der Waals surface area contributed by atoms with Crippen LogP contribution < -0.4 is 5.32 Å². The number of esters is 1. The zero-order valence-corrected chi connectivity index (χ0v) is 26.8. The number of carbonyl (C=O) groups excluding carboxylic acids is 3. The van der Waals surface area contributed by atoms with E-state index in [1.807, 2.05) is 30.3 Å². The molecule has 6 rings (SSSR count). The summed E-state index contributed by atoms with van der Waals surface area (Å²) in [5, 5.41) is 22.7. The molecule has 2 amide bonds. The predicted molar refractivity (Wildman–Crippen MR) is 170 cm³/mol. The summed E-state index contributed by atoms with van der Waals surface area (Å²) in [6.07, 6.45) is 8.22. The smallest absolute Gasteiger partial charge is 0.329 e. The standard InChI is InChI=1S/C37H48N2O6/c1-36(2)26-16-18-37(36,3)30(22-26)45-35(44)33-27(24-10-6-4-7-11-24)17-19-39(33)34(43)32(25-12-8-5-9-13-25)38-31(42)21-23-14-15-28(40)29(41)20-23/h4,6-7,10-11,14-15,20,25-27,30,32-33,40-41H,5,8-9,12-13,16-19,21-22H2,1-3H3,(H,38,42). The van der Waals surface area contributed by atoms with E-state index in [1.165, 1.54) is 12.1 Å². The van der Waals surface area contributed by atoms with Gasteiger partial charge in [0.15, 0.2) is 11.5 Å². The summed E-state index contributed by atoms with van der Waals surface area (Å²) in [5.74, 6) is -1.13. The highest BCUT2D eigenvalue weighted by molar-refractivity contribution is 5.92. The van der Waals surface area contributed by atoms with Crippen molar-refractivity contribution >= 4 is 17.8 Å². The van der Waals surface area contributed by atoms with E-state index in [1.54, 1.807) is 11.0 Å². The summed E-state index contributed by atoms with van der Waals surface area (Å²) >= 11 is 0. The second-order valence-corrected chi connectivity index (χ2v) is 14.8. The molecule has 1 saturated heterocycles. The van der Waals surface area contributed by atoms with E-state index in [0.717, 1.165) is 56.9 Å². The van der Waals surface area contributed by atoms with E-state index >= 15 is 0 Å². The van der Waals surface area contributed by atoms with Gasteiger partial charge in [0.25, 0.3) is 0 Å². The van der Waals surface area contributed by atoms with Gasteiger partial charge in [0.2, 0.25) is 11.8 Å². The number of fused-ring (bicyclic) bond motifs is 2. The van der Waals surface area contributed by atoms with Gasteiger partial charge in [-0.2, -0.15) is 0 Å². The average molecular weight is 617 g/mol. The minimum atomic E-state index is -0.761. The Morgan fingerprint density at radius 2 is 1.69 bits per heavy atom. The third-order valence-corrected chi connectivity index (χ3v) is 12.2. The van der Waals surface area contributed by atoms with Gasteiger partial charge < -0.3 is 25.2 Å². The molecule has 4 fully saturated rings. The van der Waals surface area contributed by atoms with Gasteiger partial charge in [0.1, 0.15) is 18.2 Å². The third kappa shape index (κ3) is 5.81. The van der Waals surface area contributed by atoms with Gasteiger partial charge in [-0.3, -0.25) is 9.59 Å². The van der Waals surface area contributed by atoms with Crippen molar-refractivity contribution in [2.24, 2.45) is 22.7 Å². The molecule has 3 N–H and O–H groups in total. The Bertz CT molecular complexity index is 1420. The van der Waals surface area contributed by atoms with Crippen molar-refractivity contribution in [3.05, 3.63) is 59.7 Å². The molecule has 6 unspecified atom stereocenters. The van der Waals surface area contributed by atoms with Gasteiger partial charge in [-0.1, -0.05) is 76.4 Å². The fourth-order valence-electron chi connectivity index (χ4n) is 9.01. The van der Waals surface area contributed by atoms with Crippen molar-refractivity contribution in [1.82, 2.24) is 10.2 Å². The van der Waals surface area contributed by atoms with Crippen molar-refractivity contribution in [2.75, 3.05) is 6.54 Å². The van der Waals surface area contributed by atoms with Crippen LogP contribution in [0.25, 0.3) is 0 Å². The quantitative estimate of drug-likeness (QED) is 0.253. The number of phenolic OH excluding ortho intramolecular Hbond substituents is 2. The van der Waals surface area contributed by atoms with Crippen LogP contribution in [0.2, 0.25) is 0 Å².